The molecule has 0 N–H and O–H groups in total. The van der Waals surface area contributed by atoms with Crippen molar-refractivity contribution in [1.82, 2.24) is 14.5 Å². The second-order valence-corrected chi connectivity index (χ2v) is 8.25. The van der Waals surface area contributed by atoms with E-state index in [1.165, 1.54) is 18.4 Å². The molecule has 1 aliphatic carbocycles. The van der Waals surface area contributed by atoms with E-state index in [1.807, 2.05) is 41.1 Å². The van der Waals surface area contributed by atoms with Crippen molar-refractivity contribution in [1.29, 1.82) is 0 Å². The summed E-state index contributed by atoms with van der Waals surface area (Å²) in [5, 5.41) is 2.68. The number of fused-ring (bicyclic) bond motifs is 2. The van der Waals surface area contributed by atoms with E-state index in [1.54, 1.807) is 11.8 Å². The summed E-state index contributed by atoms with van der Waals surface area (Å²) in [4.78, 5) is 22.7. The van der Waals surface area contributed by atoms with Crippen molar-refractivity contribution in [2.45, 2.75) is 42.6 Å². The van der Waals surface area contributed by atoms with Crippen LogP contribution in [0.15, 0.2) is 70.7 Å². The smallest absolute Gasteiger partial charge is 0.262 e. The number of hydrogen-bond donors (Lipinski definition) is 0. The number of para-hydroxylation sites is 2. The molecule has 4 aromatic rings. The monoisotopic (exact) mass is 387 g/mol. The van der Waals surface area contributed by atoms with E-state index in [9.17, 15) is 4.79 Å². The number of pyridine rings is 1. The van der Waals surface area contributed by atoms with Gasteiger partial charge in [0.2, 0.25) is 0 Å². The Hall–Kier alpha value is -2.66. The maximum Gasteiger partial charge on any atom is 0.262 e. The summed E-state index contributed by atoms with van der Waals surface area (Å²) in [7, 11) is 0. The summed E-state index contributed by atoms with van der Waals surface area (Å²) in [6.07, 6.45) is 6.31. The Labute approximate surface area is 167 Å². The quantitative estimate of drug-likeness (QED) is 0.350. The highest BCUT2D eigenvalue weighted by molar-refractivity contribution is 7.98. The van der Waals surface area contributed by atoms with Gasteiger partial charge >= 0.3 is 0 Å². The van der Waals surface area contributed by atoms with Crippen molar-refractivity contribution in [3.63, 3.8) is 0 Å². The summed E-state index contributed by atoms with van der Waals surface area (Å²) in [5.74, 6) is 0.742. The van der Waals surface area contributed by atoms with E-state index < -0.39 is 0 Å². The Bertz CT molecular complexity index is 1210. The van der Waals surface area contributed by atoms with Crippen LogP contribution in [0, 0.1) is 0 Å². The predicted molar refractivity (Wildman–Crippen MR) is 115 cm³/mol. The highest BCUT2D eigenvalue weighted by Gasteiger charge is 2.23. The third kappa shape index (κ3) is 3.10. The molecule has 2 aromatic heterocycles. The first-order chi connectivity index (χ1) is 13.8. The lowest BCUT2D eigenvalue weighted by Crippen LogP contribution is -2.26. The third-order valence-electron chi connectivity index (χ3n) is 5.54. The number of hydrogen-bond acceptors (Lipinski definition) is 4. The fourth-order valence-corrected chi connectivity index (χ4v) is 5.19. The molecule has 5 rings (SSSR count). The van der Waals surface area contributed by atoms with Gasteiger partial charge in [-0.25, -0.2) is 4.98 Å². The first-order valence-corrected chi connectivity index (χ1v) is 10.8. The number of benzene rings is 2. The summed E-state index contributed by atoms with van der Waals surface area (Å²) < 4.78 is 1.96. The first kappa shape index (κ1) is 17.4. The van der Waals surface area contributed by atoms with Crippen LogP contribution in [0.5, 0.6) is 0 Å². The Balaban J connectivity index is 1.57. The number of rotatable bonds is 4. The molecule has 0 unspecified atom stereocenters. The number of thioether (sulfide) groups is 1. The zero-order valence-corrected chi connectivity index (χ0v) is 16.4. The number of nitrogens with zero attached hydrogens (tertiary/aromatic N) is 3. The average molecular weight is 388 g/mol. The molecule has 28 heavy (non-hydrogen) atoms. The highest BCUT2D eigenvalue weighted by atomic mass is 32.2. The van der Waals surface area contributed by atoms with Crippen molar-refractivity contribution < 1.29 is 0 Å². The van der Waals surface area contributed by atoms with Crippen LogP contribution in [0.4, 0.5) is 0 Å². The minimum absolute atomic E-state index is 0.0936. The minimum Gasteiger partial charge on any atom is -0.284 e. The van der Waals surface area contributed by atoms with Crippen LogP contribution in [0.25, 0.3) is 21.8 Å². The molecule has 5 heteroatoms. The highest BCUT2D eigenvalue weighted by Crippen LogP contribution is 2.33. The molecule has 0 saturated heterocycles. The lowest BCUT2D eigenvalue weighted by atomic mass is 10.1. The van der Waals surface area contributed by atoms with E-state index in [0.29, 0.717) is 5.39 Å². The van der Waals surface area contributed by atoms with Gasteiger partial charge in [-0.05, 0) is 36.6 Å². The van der Waals surface area contributed by atoms with E-state index in [0.717, 1.165) is 40.2 Å². The largest absolute Gasteiger partial charge is 0.284 e. The SMILES string of the molecule is O=c1c2ccccc2nc(SCc2cccc3cccnc23)n1C1CCCC1. The fourth-order valence-electron chi connectivity index (χ4n) is 4.14. The predicted octanol–water partition coefficient (Wildman–Crippen LogP) is 5.35. The van der Waals surface area contributed by atoms with Crippen molar-refractivity contribution in [2.75, 3.05) is 0 Å². The summed E-state index contributed by atoms with van der Waals surface area (Å²) in [5.41, 5.74) is 3.06. The van der Waals surface area contributed by atoms with Gasteiger partial charge in [-0.2, -0.15) is 0 Å². The van der Waals surface area contributed by atoms with Crippen LogP contribution >= 0.6 is 11.8 Å². The Kier molecular flexibility index (Phi) is 4.61. The average Bonchev–Trinajstić information content (AvgIpc) is 3.26. The molecular weight excluding hydrogens is 366 g/mol. The van der Waals surface area contributed by atoms with Crippen molar-refractivity contribution in [3.05, 3.63) is 76.7 Å². The van der Waals surface area contributed by atoms with Gasteiger partial charge in [0.1, 0.15) is 0 Å². The van der Waals surface area contributed by atoms with Crippen molar-refractivity contribution in [3.8, 4) is 0 Å². The van der Waals surface area contributed by atoms with Gasteiger partial charge < -0.3 is 0 Å². The van der Waals surface area contributed by atoms with E-state index in [2.05, 4.69) is 29.2 Å². The normalized spacial score (nSPS) is 14.9. The van der Waals surface area contributed by atoms with Gasteiger partial charge in [0, 0.05) is 23.4 Å². The van der Waals surface area contributed by atoms with E-state index in [4.69, 9.17) is 4.98 Å². The zero-order valence-electron chi connectivity index (χ0n) is 15.5. The molecule has 0 atom stereocenters. The first-order valence-electron chi connectivity index (χ1n) is 9.78. The lowest BCUT2D eigenvalue weighted by molar-refractivity contribution is 0.457. The maximum absolute atomic E-state index is 13.3. The van der Waals surface area contributed by atoms with Crippen LogP contribution in [0.3, 0.4) is 0 Å². The maximum atomic E-state index is 13.3. The Morgan fingerprint density at radius 1 is 1.00 bits per heavy atom. The second-order valence-electron chi connectivity index (χ2n) is 7.31. The molecule has 2 aromatic carbocycles. The van der Waals surface area contributed by atoms with Crippen LogP contribution < -0.4 is 5.56 Å². The molecule has 1 saturated carbocycles. The molecule has 0 amide bonds. The van der Waals surface area contributed by atoms with Crippen LogP contribution in [0.2, 0.25) is 0 Å². The van der Waals surface area contributed by atoms with Gasteiger partial charge in [-0.3, -0.25) is 14.3 Å². The third-order valence-corrected chi connectivity index (χ3v) is 6.54. The summed E-state index contributed by atoms with van der Waals surface area (Å²) >= 11 is 1.64. The van der Waals surface area contributed by atoms with Gasteiger partial charge in [0.05, 0.1) is 16.4 Å². The molecule has 1 fully saturated rings. The van der Waals surface area contributed by atoms with Gasteiger partial charge in [-0.15, -0.1) is 0 Å². The van der Waals surface area contributed by atoms with Crippen molar-refractivity contribution in [2.24, 2.45) is 0 Å². The molecule has 4 nitrogen and oxygen atoms in total. The van der Waals surface area contributed by atoms with E-state index >= 15 is 0 Å². The number of aromatic nitrogens is 3. The van der Waals surface area contributed by atoms with Crippen LogP contribution in [-0.2, 0) is 5.75 Å². The van der Waals surface area contributed by atoms with Crippen molar-refractivity contribution >= 4 is 33.6 Å². The summed E-state index contributed by atoms with van der Waals surface area (Å²) in [6.45, 7) is 0. The molecule has 2 heterocycles. The molecule has 0 aliphatic heterocycles. The molecule has 0 spiro atoms. The Morgan fingerprint density at radius 2 is 1.82 bits per heavy atom. The van der Waals surface area contributed by atoms with Gasteiger partial charge in [0.15, 0.2) is 5.16 Å². The van der Waals surface area contributed by atoms with E-state index in [-0.39, 0.29) is 11.6 Å². The molecule has 140 valence electrons. The standard InChI is InChI=1S/C23H21N3OS/c27-22-19-12-3-4-13-20(19)25-23(26(22)18-10-1-2-11-18)28-15-17-8-5-7-16-9-6-14-24-21(16)17/h3-9,12-14,18H,1-2,10-11,15H2. The fraction of sp³-hybridized carbons (Fsp3) is 0.261. The summed E-state index contributed by atoms with van der Waals surface area (Å²) in [6, 6.07) is 18.2. The molecule has 1 aliphatic rings. The second kappa shape index (κ2) is 7.40. The zero-order chi connectivity index (χ0) is 18.9. The molecular formula is C23H21N3OS. The minimum atomic E-state index is 0.0936. The van der Waals surface area contributed by atoms with Gasteiger partial charge in [-0.1, -0.05) is 61.0 Å². The van der Waals surface area contributed by atoms with Crippen LogP contribution in [-0.4, -0.2) is 14.5 Å². The van der Waals surface area contributed by atoms with Gasteiger partial charge in [0.25, 0.3) is 5.56 Å². The molecule has 0 bridgehead atoms. The molecule has 0 radical (unpaired) electrons. The Morgan fingerprint density at radius 3 is 2.71 bits per heavy atom. The topological polar surface area (TPSA) is 47.8 Å². The lowest BCUT2D eigenvalue weighted by Gasteiger charge is -2.18. The van der Waals surface area contributed by atoms with Crippen LogP contribution in [0.1, 0.15) is 37.3 Å².